The Morgan fingerprint density at radius 1 is 0.957 bits per heavy atom. The van der Waals surface area contributed by atoms with Crippen LogP contribution >= 0.6 is 0 Å². The first-order valence-electron chi connectivity index (χ1n) is 6.90. The Kier molecular flexibility index (Phi) is 5.30. The molecule has 0 spiro atoms. The van der Waals surface area contributed by atoms with Crippen LogP contribution in [-0.2, 0) is 6.54 Å². The van der Waals surface area contributed by atoms with E-state index in [0.717, 1.165) is 5.56 Å². The predicted molar refractivity (Wildman–Crippen MR) is 91.1 cm³/mol. The second kappa shape index (κ2) is 7.60. The monoisotopic (exact) mass is 310 g/mol. The van der Waals surface area contributed by atoms with Crippen molar-refractivity contribution < 1.29 is 4.79 Å². The minimum Gasteiger partial charge on any atom is -0.370 e. The molecule has 1 amide bonds. The molecule has 23 heavy (non-hydrogen) atoms. The van der Waals surface area contributed by atoms with E-state index in [2.05, 4.69) is 15.3 Å². The topological polar surface area (TPSA) is 132 Å². The molecule has 0 saturated carbocycles. The molecule has 7 N–H and O–H groups in total. The van der Waals surface area contributed by atoms with Gasteiger partial charge in [-0.25, -0.2) is 4.99 Å². The van der Waals surface area contributed by atoms with Gasteiger partial charge in [-0.1, -0.05) is 30.3 Å². The van der Waals surface area contributed by atoms with Gasteiger partial charge in [0.1, 0.15) is 0 Å². The van der Waals surface area contributed by atoms with Gasteiger partial charge in [0.2, 0.25) is 5.96 Å². The Balaban J connectivity index is 1.99. The van der Waals surface area contributed by atoms with Crippen LogP contribution in [0.2, 0.25) is 0 Å². The van der Waals surface area contributed by atoms with Gasteiger partial charge in [-0.3, -0.25) is 4.79 Å². The van der Waals surface area contributed by atoms with Crippen molar-refractivity contribution in [3.8, 4) is 0 Å². The molecule has 2 rings (SSSR count). The molecule has 0 fully saturated rings. The lowest BCUT2D eigenvalue weighted by atomic mass is 10.2. The Hall–Kier alpha value is -3.35. The van der Waals surface area contributed by atoms with Crippen molar-refractivity contribution in [2.45, 2.75) is 6.54 Å². The lowest BCUT2D eigenvalue weighted by molar-refractivity contribution is 0.0951. The summed E-state index contributed by atoms with van der Waals surface area (Å²) in [6, 6.07) is 16.3. The zero-order valence-corrected chi connectivity index (χ0v) is 12.4. The van der Waals surface area contributed by atoms with Crippen LogP contribution in [0.5, 0.6) is 0 Å². The van der Waals surface area contributed by atoms with Crippen molar-refractivity contribution in [3.63, 3.8) is 0 Å². The van der Waals surface area contributed by atoms with Gasteiger partial charge in [0.15, 0.2) is 5.96 Å². The number of aliphatic imine (C=N–C) groups is 2. The highest BCUT2D eigenvalue weighted by molar-refractivity contribution is 5.95. The average Bonchev–Trinajstić information content (AvgIpc) is 2.53. The highest BCUT2D eigenvalue weighted by atomic mass is 16.1. The second-order valence-corrected chi connectivity index (χ2v) is 4.72. The lowest BCUT2D eigenvalue weighted by Crippen LogP contribution is -2.26. The maximum Gasteiger partial charge on any atom is 0.251 e. The van der Waals surface area contributed by atoms with Crippen LogP contribution in [0.1, 0.15) is 15.9 Å². The van der Waals surface area contributed by atoms with Crippen molar-refractivity contribution in [2.75, 3.05) is 0 Å². The average molecular weight is 310 g/mol. The molecular formula is C16H18N6O. The normalized spacial score (nSPS) is 10.9. The van der Waals surface area contributed by atoms with Gasteiger partial charge in [-0.2, -0.15) is 4.99 Å². The van der Waals surface area contributed by atoms with E-state index in [1.54, 1.807) is 24.3 Å². The molecule has 0 aliphatic heterocycles. The summed E-state index contributed by atoms with van der Waals surface area (Å²) >= 11 is 0. The molecule has 0 aromatic heterocycles. The molecule has 0 unspecified atom stereocenters. The number of nitrogens with zero attached hydrogens (tertiary/aromatic N) is 2. The molecule has 118 valence electrons. The molecule has 2 aromatic carbocycles. The van der Waals surface area contributed by atoms with E-state index in [4.69, 9.17) is 17.2 Å². The number of hydrogen-bond donors (Lipinski definition) is 4. The third-order valence-electron chi connectivity index (χ3n) is 2.91. The van der Waals surface area contributed by atoms with Crippen molar-refractivity contribution in [1.29, 1.82) is 0 Å². The largest absolute Gasteiger partial charge is 0.370 e. The van der Waals surface area contributed by atoms with Crippen LogP contribution in [0, 0.1) is 0 Å². The Bertz CT molecular complexity index is 718. The van der Waals surface area contributed by atoms with Gasteiger partial charge in [-0.15, -0.1) is 0 Å². The van der Waals surface area contributed by atoms with Gasteiger partial charge in [0, 0.05) is 12.1 Å². The number of guanidine groups is 2. The van der Waals surface area contributed by atoms with Gasteiger partial charge in [0.25, 0.3) is 5.91 Å². The van der Waals surface area contributed by atoms with E-state index in [9.17, 15) is 4.79 Å². The number of carbonyl (C=O) groups is 1. The third kappa shape index (κ3) is 5.16. The zero-order chi connectivity index (χ0) is 16.7. The number of carbonyl (C=O) groups excluding carboxylic acids is 1. The highest BCUT2D eigenvalue weighted by Gasteiger charge is 2.05. The Morgan fingerprint density at radius 2 is 1.61 bits per heavy atom. The molecule has 0 heterocycles. The second-order valence-electron chi connectivity index (χ2n) is 4.72. The molecular weight excluding hydrogens is 292 g/mol. The molecule has 2 aromatic rings. The standard InChI is InChI=1S/C16H18N6O/c17-15(18)22-16(19)21-13-8-6-12(7-9-13)14(23)20-10-11-4-2-1-3-5-11/h1-9H,10H2,(H,20,23)(H6,17,18,19,21,22). The fourth-order valence-electron chi connectivity index (χ4n) is 1.86. The summed E-state index contributed by atoms with van der Waals surface area (Å²) in [4.78, 5) is 19.7. The molecule has 0 radical (unpaired) electrons. The lowest BCUT2D eigenvalue weighted by Gasteiger charge is -2.05. The number of benzene rings is 2. The number of nitrogens with one attached hydrogen (secondary N) is 1. The SMILES string of the molecule is NC(N)=NC(N)=Nc1ccc(C(=O)NCc2ccccc2)cc1. The van der Waals surface area contributed by atoms with Crippen molar-refractivity contribution >= 4 is 23.5 Å². The summed E-state index contributed by atoms with van der Waals surface area (Å²) in [6.07, 6.45) is 0. The molecule has 7 heteroatoms. The molecule has 0 aliphatic rings. The van der Waals surface area contributed by atoms with E-state index < -0.39 is 0 Å². The smallest absolute Gasteiger partial charge is 0.251 e. The van der Waals surface area contributed by atoms with Crippen LogP contribution in [0.15, 0.2) is 64.6 Å². The summed E-state index contributed by atoms with van der Waals surface area (Å²) in [5.74, 6) is -0.379. The first-order valence-corrected chi connectivity index (χ1v) is 6.90. The maximum atomic E-state index is 12.1. The quantitative estimate of drug-likeness (QED) is 0.492. The van der Waals surface area contributed by atoms with E-state index in [0.29, 0.717) is 17.8 Å². The number of amides is 1. The molecule has 7 nitrogen and oxygen atoms in total. The fourth-order valence-corrected chi connectivity index (χ4v) is 1.86. The van der Waals surface area contributed by atoms with E-state index in [1.165, 1.54) is 0 Å². The van der Waals surface area contributed by atoms with Crippen LogP contribution < -0.4 is 22.5 Å². The number of rotatable bonds is 4. The third-order valence-corrected chi connectivity index (χ3v) is 2.91. The number of nitrogens with two attached hydrogens (primary N) is 3. The molecule has 0 aliphatic carbocycles. The van der Waals surface area contributed by atoms with Crippen LogP contribution in [0.4, 0.5) is 5.69 Å². The first kappa shape index (κ1) is 16.0. The van der Waals surface area contributed by atoms with E-state index in [-0.39, 0.29) is 17.8 Å². The molecule has 0 saturated heterocycles. The highest BCUT2D eigenvalue weighted by Crippen LogP contribution is 2.13. The molecule has 0 atom stereocenters. The van der Waals surface area contributed by atoms with Crippen molar-refractivity contribution in [1.82, 2.24) is 5.32 Å². The summed E-state index contributed by atoms with van der Waals surface area (Å²) in [7, 11) is 0. The minimum atomic E-state index is -0.165. The Labute approximate surface area is 133 Å². The van der Waals surface area contributed by atoms with Gasteiger partial charge in [-0.05, 0) is 29.8 Å². The zero-order valence-electron chi connectivity index (χ0n) is 12.4. The summed E-state index contributed by atoms with van der Waals surface area (Å²) in [6.45, 7) is 0.469. The fraction of sp³-hybridized carbons (Fsp3) is 0.0625. The van der Waals surface area contributed by atoms with Crippen LogP contribution in [0.3, 0.4) is 0 Å². The van der Waals surface area contributed by atoms with Gasteiger partial charge in [0.05, 0.1) is 5.69 Å². The van der Waals surface area contributed by atoms with Crippen LogP contribution in [-0.4, -0.2) is 17.8 Å². The Morgan fingerprint density at radius 3 is 2.22 bits per heavy atom. The molecule has 0 bridgehead atoms. The van der Waals surface area contributed by atoms with Crippen molar-refractivity contribution in [2.24, 2.45) is 27.2 Å². The number of hydrogen-bond acceptors (Lipinski definition) is 2. The summed E-state index contributed by atoms with van der Waals surface area (Å²) < 4.78 is 0. The van der Waals surface area contributed by atoms with Gasteiger partial charge < -0.3 is 22.5 Å². The first-order chi connectivity index (χ1) is 11.0. The van der Waals surface area contributed by atoms with Crippen molar-refractivity contribution in [3.05, 3.63) is 65.7 Å². The van der Waals surface area contributed by atoms with Crippen LogP contribution in [0.25, 0.3) is 0 Å². The predicted octanol–water partition coefficient (Wildman–Crippen LogP) is 0.836. The maximum absolute atomic E-state index is 12.1. The van der Waals surface area contributed by atoms with Gasteiger partial charge >= 0.3 is 0 Å². The minimum absolute atomic E-state index is 0.0497. The van der Waals surface area contributed by atoms with E-state index in [1.807, 2.05) is 30.3 Å². The summed E-state index contributed by atoms with van der Waals surface area (Å²) in [5, 5.41) is 2.85. The summed E-state index contributed by atoms with van der Waals surface area (Å²) in [5.41, 5.74) is 18.1. The van der Waals surface area contributed by atoms with E-state index >= 15 is 0 Å².